The fourth-order valence-electron chi connectivity index (χ4n) is 4.07. The van der Waals surface area contributed by atoms with E-state index in [1.54, 1.807) is 36.7 Å². The zero-order valence-electron chi connectivity index (χ0n) is 23.5. The van der Waals surface area contributed by atoms with Crippen LogP contribution in [0, 0.1) is 0 Å². The molecule has 4 aromatic heterocycles. The number of para-hydroxylation sites is 1. The van der Waals surface area contributed by atoms with Gasteiger partial charge in [-0.15, -0.1) is 42.2 Å². The van der Waals surface area contributed by atoms with Gasteiger partial charge in [-0.25, -0.2) is 0 Å². The normalized spacial score (nSPS) is 10.9. The van der Waals surface area contributed by atoms with Crippen molar-refractivity contribution in [3.63, 3.8) is 0 Å². The Balaban J connectivity index is 0.000000221. The fourth-order valence-corrected chi connectivity index (χ4v) is 5.43. The van der Waals surface area contributed by atoms with Crippen LogP contribution in [0.5, 0.6) is 0 Å². The van der Waals surface area contributed by atoms with E-state index in [-0.39, 0.29) is 5.88 Å². The summed E-state index contributed by atoms with van der Waals surface area (Å²) in [6.45, 7) is 0. The van der Waals surface area contributed by atoms with E-state index in [0.29, 0.717) is 55.4 Å². The highest BCUT2D eigenvalue weighted by Gasteiger charge is 2.19. The summed E-state index contributed by atoms with van der Waals surface area (Å²) in [6.07, 6.45) is 3.43. The van der Waals surface area contributed by atoms with Crippen molar-refractivity contribution in [1.29, 1.82) is 0 Å². The SMILES string of the molecule is ClCc1nnc(-c2ccc(Cl)cc2)o1.Clc1ccc(-c2nnc(CSc3nnc(-c4ccncc4)n3-c3ccccc3Cl)o2)cc1. The maximum absolute atomic E-state index is 6.50. The molecule has 0 aliphatic rings. The van der Waals surface area contributed by atoms with Gasteiger partial charge in [-0.1, -0.05) is 58.7 Å². The Morgan fingerprint density at radius 3 is 1.78 bits per heavy atom. The van der Waals surface area contributed by atoms with Gasteiger partial charge in [0, 0.05) is 39.1 Å². The van der Waals surface area contributed by atoms with Crippen LogP contribution in [-0.4, -0.2) is 40.1 Å². The Labute approximate surface area is 286 Å². The van der Waals surface area contributed by atoms with E-state index >= 15 is 0 Å². The van der Waals surface area contributed by atoms with Gasteiger partial charge in [0.25, 0.3) is 0 Å². The number of pyridine rings is 1. The summed E-state index contributed by atoms with van der Waals surface area (Å²) in [6, 6.07) is 25.7. The van der Waals surface area contributed by atoms with Crippen LogP contribution in [0.15, 0.2) is 111 Å². The molecule has 3 aromatic carbocycles. The lowest BCUT2D eigenvalue weighted by atomic mass is 10.2. The summed E-state index contributed by atoms with van der Waals surface area (Å²) in [7, 11) is 0. The van der Waals surface area contributed by atoms with Crippen LogP contribution in [0.4, 0.5) is 0 Å². The van der Waals surface area contributed by atoms with Gasteiger partial charge < -0.3 is 8.83 Å². The van der Waals surface area contributed by atoms with Crippen LogP contribution in [0.25, 0.3) is 40.0 Å². The number of rotatable bonds is 8. The van der Waals surface area contributed by atoms with E-state index in [0.717, 1.165) is 22.4 Å². The molecule has 0 amide bonds. The van der Waals surface area contributed by atoms with Crippen molar-refractivity contribution in [1.82, 2.24) is 40.1 Å². The van der Waals surface area contributed by atoms with E-state index in [1.807, 2.05) is 65.2 Å². The Morgan fingerprint density at radius 1 is 0.609 bits per heavy atom. The Bertz CT molecular complexity index is 2030. The number of benzene rings is 3. The number of alkyl halides is 1. The monoisotopic (exact) mass is 708 g/mol. The van der Waals surface area contributed by atoms with Crippen molar-refractivity contribution in [2.45, 2.75) is 16.8 Å². The van der Waals surface area contributed by atoms with Crippen molar-refractivity contribution < 1.29 is 8.83 Å². The first-order chi connectivity index (χ1) is 22.5. The quantitative estimate of drug-likeness (QED) is 0.112. The second kappa shape index (κ2) is 14.9. The van der Waals surface area contributed by atoms with Gasteiger partial charge in [0.05, 0.1) is 16.5 Å². The average molecular weight is 710 g/mol. The average Bonchev–Trinajstić information content (AvgIpc) is 3.86. The summed E-state index contributed by atoms with van der Waals surface area (Å²) in [5.41, 5.74) is 3.29. The molecule has 0 aliphatic carbocycles. The summed E-state index contributed by atoms with van der Waals surface area (Å²) >= 11 is 25.2. The van der Waals surface area contributed by atoms with Gasteiger partial charge in [0.1, 0.15) is 5.88 Å². The third-order valence-corrected chi connectivity index (χ3v) is 8.19. The summed E-state index contributed by atoms with van der Waals surface area (Å²) in [5.74, 6) is 3.07. The molecule has 46 heavy (non-hydrogen) atoms. The Morgan fingerprint density at radius 2 is 1.20 bits per heavy atom. The number of thioether (sulfide) groups is 1. The number of aromatic nitrogens is 8. The van der Waals surface area contributed by atoms with Crippen molar-refractivity contribution in [2.24, 2.45) is 0 Å². The van der Waals surface area contributed by atoms with Gasteiger partial charge in [0.15, 0.2) is 11.0 Å². The standard InChI is InChI=1S/C22H14Cl2N6OS.C9H6Cl2N2O/c23-16-7-5-15(6-8-16)21-28-26-19(31-21)13-32-22-29-27-20(14-9-11-25-12-10-14)30(22)18-4-2-1-3-17(18)24;10-5-8-12-13-9(14-8)6-1-3-7(11)4-2-6/h1-12H,13H2;1-4H,5H2. The second-order valence-electron chi connectivity index (χ2n) is 9.27. The van der Waals surface area contributed by atoms with Crippen molar-refractivity contribution in [3.8, 4) is 40.0 Å². The van der Waals surface area contributed by atoms with Crippen molar-refractivity contribution in [2.75, 3.05) is 0 Å². The molecule has 0 bridgehead atoms. The summed E-state index contributed by atoms with van der Waals surface area (Å²) in [5, 5.41) is 27.2. The van der Waals surface area contributed by atoms with Crippen LogP contribution < -0.4 is 0 Å². The number of halogens is 4. The van der Waals surface area contributed by atoms with Crippen LogP contribution in [-0.2, 0) is 11.6 Å². The van der Waals surface area contributed by atoms with Crippen LogP contribution in [0.1, 0.15) is 11.8 Å². The lowest BCUT2D eigenvalue weighted by Crippen LogP contribution is -2.00. The molecule has 0 aliphatic heterocycles. The van der Waals surface area contributed by atoms with Crippen molar-refractivity contribution in [3.05, 3.63) is 124 Å². The van der Waals surface area contributed by atoms with Crippen LogP contribution in [0.2, 0.25) is 15.1 Å². The minimum atomic E-state index is 0.223. The smallest absolute Gasteiger partial charge is 0.247 e. The highest BCUT2D eigenvalue weighted by atomic mass is 35.5. The molecule has 0 N–H and O–H groups in total. The predicted molar refractivity (Wildman–Crippen MR) is 178 cm³/mol. The van der Waals surface area contributed by atoms with Gasteiger partial charge in [0.2, 0.25) is 23.6 Å². The zero-order chi connectivity index (χ0) is 31.9. The van der Waals surface area contributed by atoms with E-state index in [1.165, 1.54) is 11.8 Å². The molecule has 0 spiro atoms. The van der Waals surface area contributed by atoms with Gasteiger partial charge in [-0.2, -0.15) is 0 Å². The highest BCUT2D eigenvalue weighted by Crippen LogP contribution is 2.33. The first kappa shape index (κ1) is 31.7. The van der Waals surface area contributed by atoms with Gasteiger partial charge >= 0.3 is 0 Å². The van der Waals surface area contributed by atoms with E-state index < -0.39 is 0 Å². The third kappa shape index (κ3) is 7.57. The number of nitrogens with zero attached hydrogens (tertiary/aromatic N) is 8. The zero-order valence-corrected chi connectivity index (χ0v) is 27.3. The highest BCUT2D eigenvalue weighted by molar-refractivity contribution is 7.98. The van der Waals surface area contributed by atoms with E-state index in [2.05, 4.69) is 35.6 Å². The predicted octanol–water partition coefficient (Wildman–Crippen LogP) is 9.11. The van der Waals surface area contributed by atoms with Gasteiger partial charge in [-0.05, 0) is 72.8 Å². The Hall–Kier alpha value is -4.26. The molecule has 0 atom stereocenters. The van der Waals surface area contributed by atoms with Gasteiger partial charge in [-0.3, -0.25) is 9.55 Å². The molecule has 15 heteroatoms. The minimum absolute atomic E-state index is 0.223. The summed E-state index contributed by atoms with van der Waals surface area (Å²) in [4.78, 5) is 4.08. The lowest BCUT2D eigenvalue weighted by molar-refractivity contribution is 0.527. The Kier molecular flexibility index (Phi) is 10.3. The second-order valence-corrected chi connectivity index (χ2v) is 11.8. The molecule has 4 heterocycles. The molecule has 0 unspecified atom stereocenters. The first-order valence-corrected chi connectivity index (χ1v) is 16.1. The first-order valence-electron chi connectivity index (χ1n) is 13.4. The largest absolute Gasteiger partial charge is 0.420 e. The molecular formula is C31H20Cl4N8O2S. The molecule has 230 valence electrons. The van der Waals surface area contributed by atoms with Crippen molar-refractivity contribution >= 4 is 58.2 Å². The molecule has 7 aromatic rings. The maximum atomic E-state index is 6.50. The third-order valence-electron chi connectivity index (χ3n) is 6.22. The molecule has 0 fully saturated rings. The minimum Gasteiger partial charge on any atom is -0.420 e. The molecule has 0 radical (unpaired) electrons. The van der Waals surface area contributed by atoms with Crippen LogP contribution >= 0.6 is 58.2 Å². The number of hydrogen-bond donors (Lipinski definition) is 0. The number of hydrogen-bond acceptors (Lipinski definition) is 10. The lowest BCUT2D eigenvalue weighted by Gasteiger charge is -2.11. The molecular weight excluding hydrogens is 690 g/mol. The molecule has 0 saturated heterocycles. The fraction of sp³-hybridized carbons (Fsp3) is 0.0645. The molecule has 7 rings (SSSR count). The summed E-state index contributed by atoms with van der Waals surface area (Å²) < 4.78 is 13.0. The van der Waals surface area contributed by atoms with E-state index in [9.17, 15) is 0 Å². The topological polar surface area (TPSA) is 121 Å². The molecule has 10 nitrogen and oxygen atoms in total. The van der Waals surface area contributed by atoms with E-state index in [4.69, 9.17) is 55.2 Å². The van der Waals surface area contributed by atoms with Crippen LogP contribution in [0.3, 0.4) is 0 Å². The molecule has 0 saturated carbocycles. The maximum Gasteiger partial charge on any atom is 0.247 e.